The predicted molar refractivity (Wildman–Crippen MR) is 236 cm³/mol. The van der Waals surface area contributed by atoms with Crippen molar-refractivity contribution >= 4 is 86.6 Å². The second-order valence-corrected chi connectivity index (χ2v) is 16.1. The lowest BCUT2D eigenvalue weighted by molar-refractivity contribution is 0.661. The lowest BCUT2D eigenvalue weighted by atomic mass is 9.80. The molecular weight excluding hydrogens is 679 g/mol. The van der Waals surface area contributed by atoms with Gasteiger partial charge in [-0.05, 0) is 100 Å². The molecule has 2 aromatic heterocycles. The van der Waals surface area contributed by atoms with Crippen LogP contribution in [0.4, 0.5) is 0 Å². The van der Waals surface area contributed by atoms with Gasteiger partial charge in [-0.15, -0.1) is 0 Å². The maximum atomic E-state index is 5.55. The molecule has 10 aromatic carbocycles. The summed E-state index contributed by atoms with van der Waals surface area (Å²) in [4.78, 5) is 10.9. The molecule has 0 unspecified atom stereocenters. The van der Waals surface area contributed by atoms with Gasteiger partial charge in [0.2, 0.25) is 5.95 Å². The first kappa shape index (κ1) is 30.3. The van der Waals surface area contributed by atoms with Crippen LogP contribution in [0.15, 0.2) is 164 Å². The van der Waals surface area contributed by atoms with Crippen molar-refractivity contribution in [2.24, 2.45) is 0 Å². The molecule has 0 radical (unpaired) electrons. The van der Waals surface area contributed by atoms with Gasteiger partial charge in [-0.25, -0.2) is 9.97 Å². The third kappa shape index (κ3) is 3.72. The molecule has 0 aliphatic heterocycles. The number of hydrogen-bond acceptors (Lipinski definition) is 2. The van der Waals surface area contributed by atoms with Crippen LogP contribution >= 0.6 is 0 Å². The van der Waals surface area contributed by atoms with Crippen LogP contribution in [0.3, 0.4) is 0 Å². The standard InChI is InChI=1S/C53H33N3/c1-53(2)42-25-8-5-17-35(42)49-38-23-12-20-32-33-21-13-24-39-48(33)41(40(47(32)38)28-43(49)53)29-46-50(39)37-19-7-10-27-45(37)56(46)52-54-44-26-9-6-18-36(44)51(55-52)34-22-11-15-30-14-3-4-16-31(30)34/h3-29H,1-2H3. The van der Waals surface area contributed by atoms with Crippen LogP contribution in [0.1, 0.15) is 25.0 Å². The zero-order chi connectivity index (χ0) is 36.9. The van der Waals surface area contributed by atoms with E-state index in [0.717, 1.165) is 33.2 Å². The average molecular weight is 712 g/mol. The van der Waals surface area contributed by atoms with Gasteiger partial charge in [0.25, 0.3) is 0 Å². The van der Waals surface area contributed by atoms with Crippen molar-refractivity contribution in [1.29, 1.82) is 0 Å². The summed E-state index contributed by atoms with van der Waals surface area (Å²) in [5, 5.41) is 16.2. The highest BCUT2D eigenvalue weighted by Gasteiger charge is 2.37. The summed E-state index contributed by atoms with van der Waals surface area (Å²) >= 11 is 0. The number of fused-ring (bicyclic) bond motifs is 12. The van der Waals surface area contributed by atoms with Gasteiger partial charge in [0.15, 0.2) is 0 Å². The molecule has 12 aromatic rings. The molecule has 0 bridgehead atoms. The molecule has 56 heavy (non-hydrogen) atoms. The summed E-state index contributed by atoms with van der Waals surface area (Å²) in [7, 11) is 0. The SMILES string of the molecule is CC1(C)c2ccccc2-c2c1cc1c3cc4c(c5cccc(c6cccc2c61)c35)c1ccccc1n4-c1nc(-c2cccc3ccccc23)c2ccccc2n1. The third-order valence-corrected chi connectivity index (χ3v) is 12.9. The van der Waals surface area contributed by atoms with Crippen LogP contribution in [-0.2, 0) is 5.41 Å². The van der Waals surface area contributed by atoms with Crippen LogP contribution in [0.2, 0.25) is 0 Å². The zero-order valence-corrected chi connectivity index (χ0v) is 30.9. The number of benzene rings is 10. The van der Waals surface area contributed by atoms with Gasteiger partial charge < -0.3 is 0 Å². The first-order valence-corrected chi connectivity index (χ1v) is 19.5. The van der Waals surface area contributed by atoms with E-state index in [9.17, 15) is 0 Å². The molecule has 1 aliphatic rings. The molecular formula is C53H33N3. The van der Waals surface area contributed by atoms with Crippen molar-refractivity contribution in [3.8, 4) is 28.3 Å². The van der Waals surface area contributed by atoms with Crippen LogP contribution in [0.25, 0.3) is 115 Å². The Kier molecular flexibility index (Phi) is 5.70. The predicted octanol–water partition coefficient (Wildman–Crippen LogP) is 13.9. The number of aromatic nitrogens is 3. The Morgan fingerprint density at radius 3 is 1.89 bits per heavy atom. The van der Waals surface area contributed by atoms with E-state index in [4.69, 9.17) is 9.97 Å². The van der Waals surface area contributed by atoms with Crippen molar-refractivity contribution in [3.05, 3.63) is 175 Å². The second-order valence-electron chi connectivity index (χ2n) is 16.1. The third-order valence-electron chi connectivity index (χ3n) is 12.9. The van der Waals surface area contributed by atoms with Crippen molar-refractivity contribution in [2.75, 3.05) is 0 Å². The van der Waals surface area contributed by atoms with Crippen LogP contribution in [-0.4, -0.2) is 14.5 Å². The van der Waals surface area contributed by atoms with Gasteiger partial charge in [0, 0.05) is 27.1 Å². The van der Waals surface area contributed by atoms with E-state index in [1.807, 2.05) is 0 Å². The largest absolute Gasteiger partial charge is 0.278 e. The Morgan fingerprint density at radius 1 is 0.411 bits per heavy atom. The Morgan fingerprint density at radius 2 is 1.02 bits per heavy atom. The van der Waals surface area contributed by atoms with Gasteiger partial charge in [-0.2, -0.15) is 0 Å². The molecule has 0 fully saturated rings. The fraction of sp³-hybridized carbons (Fsp3) is 0.0566. The summed E-state index contributed by atoms with van der Waals surface area (Å²) in [6.07, 6.45) is 0. The van der Waals surface area contributed by atoms with Crippen molar-refractivity contribution in [2.45, 2.75) is 19.3 Å². The monoisotopic (exact) mass is 711 g/mol. The molecule has 3 heteroatoms. The fourth-order valence-corrected chi connectivity index (χ4v) is 10.5. The first-order valence-electron chi connectivity index (χ1n) is 19.5. The van der Waals surface area contributed by atoms with Gasteiger partial charge in [-0.3, -0.25) is 4.57 Å². The first-order chi connectivity index (χ1) is 27.6. The van der Waals surface area contributed by atoms with E-state index >= 15 is 0 Å². The molecule has 3 nitrogen and oxygen atoms in total. The summed E-state index contributed by atoms with van der Waals surface area (Å²) in [6.45, 7) is 4.77. The molecule has 13 rings (SSSR count). The van der Waals surface area contributed by atoms with E-state index in [-0.39, 0.29) is 5.41 Å². The van der Waals surface area contributed by atoms with E-state index < -0.39 is 0 Å². The Hall–Kier alpha value is -7.10. The van der Waals surface area contributed by atoms with E-state index in [2.05, 4.69) is 182 Å². The van der Waals surface area contributed by atoms with Crippen molar-refractivity contribution in [3.63, 3.8) is 0 Å². The highest BCUT2D eigenvalue weighted by Crippen LogP contribution is 2.55. The molecule has 1 aliphatic carbocycles. The topological polar surface area (TPSA) is 30.7 Å². The molecule has 0 N–H and O–H groups in total. The van der Waals surface area contributed by atoms with Crippen LogP contribution in [0.5, 0.6) is 0 Å². The van der Waals surface area contributed by atoms with Crippen molar-refractivity contribution in [1.82, 2.24) is 14.5 Å². The van der Waals surface area contributed by atoms with Crippen LogP contribution < -0.4 is 0 Å². The number of rotatable bonds is 2. The average Bonchev–Trinajstić information content (AvgIpc) is 3.70. The molecule has 0 amide bonds. The smallest absolute Gasteiger partial charge is 0.235 e. The second kappa shape index (κ2) is 10.6. The minimum atomic E-state index is -0.126. The fourth-order valence-electron chi connectivity index (χ4n) is 10.5. The van der Waals surface area contributed by atoms with E-state index in [0.29, 0.717) is 5.95 Å². The highest BCUT2D eigenvalue weighted by atomic mass is 15.2. The number of hydrogen-bond donors (Lipinski definition) is 0. The number of para-hydroxylation sites is 2. The molecule has 2 heterocycles. The van der Waals surface area contributed by atoms with E-state index in [1.54, 1.807) is 0 Å². The minimum absolute atomic E-state index is 0.126. The van der Waals surface area contributed by atoms with Gasteiger partial charge in [-0.1, -0.05) is 153 Å². The normalized spacial score (nSPS) is 13.7. The minimum Gasteiger partial charge on any atom is -0.278 e. The quantitative estimate of drug-likeness (QED) is 0.132. The molecule has 0 spiro atoms. The zero-order valence-electron chi connectivity index (χ0n) is 30.9. The molecule has 0 saturated carbocycles. The maximum Gasteiger partial charge on any atom is 0.235 e. The number of nitrogens with zero attached hydrogens (tertiary/aromatic N) is 3. The van der Waals surface area contributed by atoms with Crippen LogP contribution in [0, 0.1) is 0 Å². The lowest BCUT2D eigenvalue weighted by Gasteiger charge is -2.23. The summed E-state index contributed by atoms with van der Waals surface area (Å²) in [6, 6.07) is 60.1. The van der Waals surface area contributed by atoms with Crippen molar-refractivity contribution < 1.29 is 0 Å². The summed E-state index contributed by atoms with van der Waals surface area (Å²) in [5.41, 5.74) is 10.6. The van der Waals surface area contributed by atoms with E-state index in [1.165, 1.54) is 86.9 Å². The molecule has 260 valence electrons. The summed E-state index contributed by atoms with van der Waals surface area (Å²) in [5.74, 6) is 0.674. The van der Waals surface area contributed by atoms with Gasteiger partial charge in [0.05, 0.1) is 22.2 Å². The molecule has 0 atom stereocenters. The maximum absolute atomic E-state index is 5.55. The summed E-state index contributed by atoms with van der Waals surface area (Å²) < 4.78 is 2.32. The van der Waals surface area contributed by atoms with Gasteiger partial charge >= 0.3 is 0 Å². The Labute approximate surface area is 322 Å². The Balaban J connectivity index is 1.21. The Bertz CT molecular complexity index is 3670. The highest BCUT2D eigenvalue weighted by molar-refractivity contribution is 6.39. The van der Waals surface area contributed by atoms with Gasteiger partial charge in [0.1, 0.15) is 0 Å². The molecule has 0 saturated heterocycles. The lowest BCUT2D eigenvalue weighted by Crippen LogP contribution is -2.14.